The fourth-order valence-corrected chi connectivity index (χ4v) is 1.96. The first-order chi connectivity index (χ1) is 9.56. The number of nitrogens with one attached hydrogen (secondary N) is 1. The molecular weight excluding hydrogens is 342 g/mol. The van der Waals surface area contributed by atoms with Crippen LogP contribution in [0.25, 0.3) is 6.08 Å². The highest BCUT2D eigenvalue weighted by Crippen LogP contribution is 2.24. The lowest BCUT2D eigenvalue weighted by Gasteiger charge is -2.07. The Morgan fingerprint density at radius 2 is 1.90 bits per heavy atom. The summed E-state index contributed by atoms with van der Waals surface area (Å²) in [6, 6.07) is 7.98. The molecule has 0 amide bonds. The number of nitrogens with zero attached hydrogens (tertiary/aromatic N) is 2. The van der Waals surface area contributed by atoms with Gasteiger partial charge in [0.15, 0.2) is 11.0 Å². The molecule has 20 heavy (non-hydrogen) atoms. The highest BCUT2D eigenvalue weighted by atomic mass is 79.9. The van der Waals surface area contributed by atoms with Crippen LogP contribution in [0.2, 0.25) is 5.15 Å². The van der Waals surface area contributed by atoms with Gasteiger partial charge in [-0.25, -0.2) is 0 Å². The number of halogens is 2. The Bertz CT molecular complexity index is 627. The minimum absolute atomic E-state index is 0.0867. The second kappa shape index (κ2) is 6.58. The van der Waals surface area contributed by atoms with Gasteiger partial charge in [-0.2, -0.15) is 9.97 Å². The van der Waals surface area contributed by atoms with Crippen LogP contribution in [-0.4, -0.2) is 16.5 Å². The smallest absolute Gasteiger partial charge is 0.223 e. The zero-order valence-electron chi connectivity index (χ0n) is 10.5. The molecule has 0 saturated carbocycles. The van der Waals surface area contributed by atoms with Crippen molar-refractivity contribution in [3.05, 3.63) is 45.5 Å². The molecule has 0 bridgehead atoms. The van der Waals surface area contributed by atoms with E-state index in [-0.39, 0.29) is 16.8 Å². The average Bonchev–Trinajstić information content (AvgIpc) is 2.42. The van der Waals surface area contributed by atoms with Crippen LogP contribution >= 0.6 is 27.5 Å². The van der Waals surface area contributed by atoms with Crippen molar-refractivity contribution in [1.29, 1.82) is 0 Å². The van der Waals surface area contributed by atoms with Gasteiger partial charge >= 0.3 is 0 Å². The minimum Gasteiger partial charge on any atom is -0.393 e. The molecular formula is C13H13BrClN5. The highest BCUT2D eigenvalue weighted by Gasteiger charge is 2.07. The van der Waals surface area contributed by atoms with E-state index in [1.165, 1.54) is 0 Å². The van der Waals surface area contributed by atoms with E-state index in [0.29, 0.717) is 12.4 Å². The van der Waals surface area contributed by atoms with E-state index in [9.17, 15) is 0 Å². The van der Waals surface area contributed by atoms with Crippen molar-refractivity contribution >= 4 is 51.1 Å². The number of nitrogen functional groups attached to an aromatic ring is 2. The first kappa shape index (κ1) is 14.6. The first-order valence-corrected chi connectivity index (χ1v) is 6.98. The molecule has 0 aliphatic heterocycles. The Morgan fingerprint density at radius 1 is 1.20 bits per heavy atom. The third kappa shape index (κ3) is 3.85. The van der Waals surface area contributed by atoms with E-state index in [0.717, 1.165) is 10.0 Å². The molecule has 5 N–H and O–H groups in total. The van der Waals surface area contributed by atoms with Crippen LogP contribution in [0.5, 0.6) is 0 Å². The Hall–Kier alpha value is -1.79. The molecule has 1 aromatic carbocycles. The lowest BCUT2D eigenvalue weighted by Crippen LogP contribution is -2.08. The molecule has 2 aromatic rings. The Balaban J connectivity index is 1.98. The molecule has 0 fully saturated rings. The van der Waals surface area contributed by atoms with Crippen LogP contribution in [0.4, 0.5) is 17.5 Å². The van der Waals surface area contributed by atoms with Crippen molar-refractivity contribution in [1.82, 2.24) is 9.97 Å². The minimum atomic E-state index is 0.0867. The maximum Gasteiger partial charge on any atom is 0.223 e. The second-order valence-electron chi connectivity index (χ2n) is 3.97. The normalized spacial score (nSPS) is 10.9. The van der Waals surface area contributed by atoms with Crippen LogP contribution in [0.1, 0.15) is 5.56 Å². The van der Waals surface area contributed by atoms with Gasteiger partial charge in [0.05, 0.1) is 0 Å². The van der Waals surface area contributed by atoms with Crippen molar-refractivity contribution in [3.63, 3.8) is 0 Å². The second-order valence-corrected chi connectivity index (χ2v) is 5.24. The van der Waals surface area contributed by atoms with E-state index in [2.05, 4.69) is 31.2 Å². The molecule has 5 nitrogen and oxygen atoms in total. The lowest BCUT2D eigenvalue weighted by atomic mass is 10.2. The van der Waals surface area contributed by atoms with Gasteiger partial charge in [0.2, 0.25) is 5.95 Å². The van der Waals surface area contributed by atoms with Crippen LogP contribution in [0, 0.1) is 0 Å². The summed E-state index contributed by atoms with van der Waals surface area (Å²) in [7, 11) is 0. The van der Waals surface area contributed by atoms with E-state index in [1.807, 2.05) is 36.4 Å². The number of anilines is 3. The van der Waals surface area contributed by atoms with Crippen molar-refractivity contribution < 1.29 is 0 Å². The van der Waals surface area contributed by atoms with E-state index in [4.69, 9.17) is 23.1 Å². The standard InChI is InChI=1S/C13H13BrClN5/c14-9-5-3-8(4-6-9)2-1-7-18-12-10(16)11(15)19-13(17)20-12/h1-6H,7,16H2,(H3,17,18,19,20)/b2-1+. The van der Waals surface area contributed by atoms with Gasteiger partial charge in [0.25, 0.3) is 0 Å². The van der Waals surface area contributed by atoms with Gasteiger partial charge in [-0.1, -0.05) is 51.8 Å². The molecule has 0 spiro atoms. The zero-order valence-corrected chi connectivity index (χ0v) is 12.8. The van der Waals surface area contributed by atoms with E-state index >= 15 is 0 Å². The molecule has 0 aliphatic carbocycles. The summed E-state index contributed by atoms with van der Waals surface area (Å²) in [5.74, 6) is 0.520. The summed E-state index contributed by atoms with van der Waals surface area (Å²) in [6.07, 6.45) is 3.94. The lowest BCUT2D eigenvalue weighted by molar-refractivity contribution is 1.16. The molecule has 0 aliphatic rings. The molecule has 2 rings (SSSR count). The fourth-order valence-electron chi connectivity index (χ4n) is 1.52. The van der Waals surface area contributed by atoms with Gasteiger partial charge in [-0.05, 0) is 17.7 Å². The largest absolute Gasteiger partial charge is 0.393 e. The number of aromatic nitrogens is 2. The predicted octanol–water partition coefficient (Wildman–Crippen LogP) is 3.18. The summed E-state index contributed by atoms with van der Waals surface area (Å²) in [5, 5.41) is 3.19. The Kier molecular flexibility index (Phi) is 4.81. The zero-order chi connectivity index (χ0) is 14.5. The average molecular weight is 355 g/mol. The van der Waals surface area contributed by atoms with Gasteiger partial charge in [0.1, 0.15) is 5.69 Å². The van der Waals surface area contributed by atoms with Gasteiger partial charge < -0.3 is 16.8 Å². The van der Waals surface area contributed by atoms with Crippen molar-refractivity contribution in [2.24, 2.45) is 0 Å². The van der Waals surface area contributed by atoms with Gasteiger partial charge in [-0.15, -0.1) is 0 Å². The van der Waals surface area contributed by atoms with Crippen LogP contribution in [-0.2, 0) is 0 Å². The first-order valence-electron chi connectivity index (χ1n) is 5.80. The summed E-state index contributed by atoms with van der Waals surface area (Å²) < 4.78 is 1.05. The molecule has 0 atom stereocenters. The predicted molar refractivity (Wildman–Crippen MR) is 87.5 cm³/mol. The monoisotopic (exact) mass is 353 g/mol. The molecule has 7 heteroatoms. The SMILES string of the molecule is Nc1nc(Cl)c(N)c(NC/C=C/c2ccc(Br)cc2)n1. The number of benzene rings is 1. The summed E-state index contributed by atoms with van der Waals surface area (Å²) in [4.78, 5) is 7.76. The fraction of sp³-hybridized carbons (Fsp3) is 0.0769. The van der Waals surface area contributed by atoms with Crippen LogP contribution in [0.3, 0.4) is 0 Å². The van der Waals surface area contributed by atoms with Crippen LogP contribution in [0.15, 0.2) is 34.8 Å². The molecule has 104 valence electrons. The summed E-state index contributed by atoms with van der Waals surface area (Å²) >= 11 is 9.21. The van der Waals surface area contributed by atoms with E-state index in [1.54, 1.807) is 0 Å². The van der Waals surface area contributed by atoms with E-state index < -0.39 is 0 Å². The maximum absolute atomic E-state index is 5.82. The number of hydrogen-bond donors (Lipinski definition) is 3. The van der Waals surface area contributed by atoms with Crippen molar-refractivity contribution in [3.8, 4) is 0 Å². The highest BCUT2D eigenvalue weighted by molar-refractivity contribution is 9.10. The third-order valence-electron chi connectivity index (χ3n) is 2.48. The van der Waals surface area contributed by atoms with Gasteiger partial charge in [0, 0.05) is 11.0 Å². The third-order valence-corrected chi connectivity index (χ3v) is 3.30. The molecule has 0 saturated heterocycles. The molecule has 0 radical (unpaired) electrons. The van der Waals surface area contributed by atoms with Crippen molar-refractivity contribution in [2.45, 2.75) is 0 Å². The maximum atomic E-state index is 5.82. The molecule has 1 heterocycles. The molecule has 1 aromatic heterocycles. The Labute approximate surface area is 130 Å². The number of rotatable bonds is 4. The number of nitrogens with two attached hydrogens (primary N) is 2. The van der Waals surface area contributed by atoms with Gasteiger partial charge in [-0.3, -0.25) is 0 Å². The van der Waals surface area contributed by atoms with Crippen molar-refractivity contribution in [2.75, 3.05) is 23.3 Å². The molecule has 0 unspecified atom stereocenters. The van der Waals surface area contributed by atoms with Crippen LogP contribution < -0.4 is 16.8 Å². The quantitative estimate of drug-likeness (QED) is 0.734. The summed E-state index contributed by atoms with van der Waals surface area (Å²) in [5.41, 5.74) is 12.7. The number of hydrogen-bond acceptors (Lipinski definition) is 5. The Morgan fingerprint density at radius 3 is 2.60 bits per heavy atom. The summed E-state index contributed by atoms with van der Waals surface area (Å²) in [6.45, 7) is 0.549. The topological polar surface area (TPSA) is 89.8 Å².